The second-order valence-corrected chi connectivity index (χ2v) is 5.02. The van der Waals surface area contributed by atoms with Gasteiger partial charge in [0, 0.05) is 16.5 Å². The molecule has 0 aromatic carbocycles. The van der Waals surface area contributed by atoms with E-state index in [9.17, 15) is 0 Å². The lowest BCUT2D eigenvalue weighted by atomic mass is 9.85. The van der Waals surface area contributed by atoms with E-state index in [4.69, 9.17) is 16.3 Å². The molecule has 0 heterocycles. The third kappa shape index (κ3) is 2.48. The van der Waals surface area contributed by atoms with Crippen LogP contribution in [0.25, 0.3) is 0 Å². The van der Waals surface area contributed by atoms with Crippen molar-refractivity contribution in [2.75, 3.05) is 6.23 Å². The number of alkyl halides is 1. The van der Waals surface area contributed by atoms with Crippen molar-refractivity contribution < 1.29 is 4.74 Å². The second kappa shape index (κ2) is 4.63. The number of halogens is 1. The molecule has 72 valence electrons. The number of ether oxygens (including phenoxy) is 1. The lowest BCUT2D eigenvalue weighted by Gasteiger charge is -2.36. The van der Waals surface area contributed by atoms with Crippen LogP contribution >= 0.6 is 11.6 Å². The monoisotopic (exact) mass is 206 g/mol. The summed E-state index contributed by atoms with van der Waals surface area (Å²) in [6.45, 7) is 2.12. The van der Waals surface area contributed by atoms with Crippen LogP contribution < -0.4 is 0 Å². The van der Waals surface area contributed by atoms with Gasteiger partial charge in [-0.3, -0.25) is 0 Å². The molecule has 0 spiro atoms. The van der Waals surface area contributed by atoms with Gasteiger partial charge in [0.1, 0.15) is 0 Å². The van der Waals surface area contributed by atoms with Crippen LogP contribution in [0.15, 0.2) is 0 Å². The minimum atomic E-state index is -0.0390. The standard InChI is InChI=1S/C9H19ClOSi/c1-8(11-7-12)9(10)5-3-2-4-6-9/h8H,2-7H2,1,12H3. The minimum Gasteiger partial charge on any atom is -0.381 e. The first kappa shape index (κ1) is 10.5. The van der Waals surface area contributed by atoms with Crippen molar-refractivity contribution >= 4 is 21.8 Å². The van der Waals surface area contributed by atoms with E-state index >= 15 is 0 Å². The molecule has 0 N–H and O–H groups in total. The molecule has 1 atom stereocenters. The van der Waals surface area contributed by atoms with E-state index in [0.717, 1.165) is 29.3 Å². The van der Waals surface area contributed by atoms with Gasteiger partial charge in [-0.15, -0.1) is 11.6 Å². The molecule has 1 fully saturated rings. The van der Waals surface area contributed by atoms with Crippen LogP contribution in [0, 0.1) is 0 Å². The van der Waals surface area contributed by atoms with Crippen molar-refractivity contribution in [1.29, 1.82) is 0 Å². The first-order valence-corrected chi connectivity index (χ1v) is 6.79. The molecule has 0 bridgehead atoms. The van der Waals surface area contributed by atoms with Gasteiger partial charge >= 0.3 is 0 Å². The van der Waals surface area contributed by atoms with E-state index in [1.54, 1.807) is 0 Å². The molecule has 1 aliphatic rings. The molecule has 1 unspecified atom stereocenters. The predicted molar refractivity (Wildman–Crippen MR) is 57.0 cm³/mol. The summed E-state index contributed by atoms with van der Waals surface area (Å²) in [4.78, 5) is -0.0390. The lowest BCUT2D eigenvalue weighted by molar-refractivity contribution is 0.0523. The third-order valence-electron chi connectivity index (χ3n) is 2.83. The van der Waals surface area contributed by atoms with Crippen molar-refractivity contribution in [3.8, 4) is 0 Å². The number of hydrogen-bond donors (Lipinski definition) is 0. The molecule has 0 aromatic heterocycles. The normalized spacial score (nSPS) is 25.5. The van der Waals surface area contributed by atoms with Gasteiger partial charge in [-0.1, -0.05) is 19.3 Å². The maximum atomic E-state index is 6.49. The quantitative estimate of drug-likeness (QED) is 0.504. The van der Waals surface area contributed by atoms with E-state index in [1.165, 1.54) is 19.3 Å². The van der Waals surface area contributed by atoms with Crippen molar-refractivity contribution in [2.45, 2.75) is 50.0 Å². The van der Waals surface area contributed by atoms with Crippen molar-refractivity contribution in [3.63, 3.8) is 0 Å². The molecular weight excluding hydrogens is 188 g/mol. The van der Waals surface area contributed by atoms with Gasteiger partial charge in [-0.2, -0.15) is 0 Å². The van der Waals surface area contributed by atoms with E-state index < -0.39 is 0 Å². The molecule has 3 heteroatoms. The summed E-state index contributed by atoms with van der Waals surface area (Å²) in [6.07, 6.45) is 7.33. The lowest BCUT2D eigenvalue weighted by Crippen LogP contribution is -2.38. The Hall–Kier alpha value is 0.467. The highest BCUT2D eigenvalue weighted by molar-refractivity contribution is 6.24. The van der Waals surface area contributed by atoms with Crippen LogP contribution in [0.2, 0.25) is 0 Å². The Bertz CT molecular complexity index is 134. The molecule has 1 rings (SSSR count). The van der Waals surface area contributed by atoms with Crippen LogP contribution in [0.4, 0.5) is 0 Å². The summed E-state index contributed by atoms with van der Waals surface area (Å²) in [5.41, 5.74) is 0. The fourth-order valence-corrected chi connectivity index (χ4v) is 2.78. The summed E-state index contributed by atoms with van der Waals surface area (Å²) in [5.74, 6) is 0. The fraction of sp³-hybridized carbons (Fsp3) is 1.00. The van der Waals surface area contributed by atoms with Crippen LogP contribution in [0.5, 0.6) is 0 Å². The zero-order chi connectivity index (χ0) is 9.03. The Balaban J connectivity index is 2.44. The van der Waals surface area contributed by atoms with Gasteiger partial charge in [-0.25, -0.2) is 0 Å². The van der Waals surface area contributed by atoms with Gasteiger partial charge in [0.05, 0.1) is 11.0 Å². The Kier molecular flexibility index (Phi) is 4.07. The Morgan fingerprint density at radius 1 is 1.42 bits per heavy atom. The van der Waals surface area contributed by atoms with Crippen molar-refractivity contribution in [2.24, 2.45) is 0 Å². The van der Waals surface area contributed by atoms with E-state index in [2.05, 4.69) is 6.92 Å². The molecule has 0 aliphatic heterocycles. The largest absolute Gasteiger partial charge is 0.381 e. The molecular formula is C9H19ClOSi. The summed E-state index contributed by atoms with van der Waals surface area (Å²) in [5, 5.41) is 0. The van der Waals surface area contributed by atoms with Gasteiger partial charge in [-0.05, 0) is 19.8 Å². The summed E-state index contributed by atoms with van der Waals surface area (Å²) in [6, 6.07) is 0. The smallest absolute Gasteiger partial charge is 0.0733 e. The van der Waals surface area contributed by atoms with Crippen molar-refractivity contribution in [3.05, 3.63) is 0 Å². The van der Waals surface area contributed by atoms with Gasteiger partial charge < -0.3 is 4.74 Å². The molecule has 0 amide bonds. The summed E-state index contributed by atoms with van der Waals surface area (Å²) in [7, 11) is 1.11. The zero-order valence-corrected chi connectivity index (χ0v) is 10.9. The average molecular weight is 207 g/mol. The predicted octanol–water partition coefficient (Wildman–Crippen LogP) is 1.66. The maximum absolute atomic E-state index is 6.49. The topological polar surface area (TPSA) is 9.23 Å². The molecule has 12 heavy (non-hydrogen) atoms. The molecule has 0 saturated heterocycles. The molecule has 0 radical (unpaired) electrons. The van der Waals surface area contributed by atoms with Gasteiger partial charge in [0.2, 0.25) is 0 Å². The van der Waals surface area contributed by atoms with Crippen LogP contribution in [0.1, 0.15) is 39.0 Å². The minimum absolute atomic E-state index is 0.0390. The van der Waals surface area contributed by atoms with E-state index in [-0.39, 0.29) is 11.0 Å². The second-order valence-electron chi connectivity index (χ2n) is 3.69. The fourth-order valence-electron chi connectivity index (χ4n) is 1.95. The molecule has 1 aliphatic carbocycles. The Morgan fingerprint density at radius 3 is 2.50 bits per heavy atom. The first-order valence-electron chi connectivity index (χ1n) is 4.99. The highest BCUT2D eigenvalue weighted by Crippen LogP contribution is 2.37. The summed E-state index contributed by atoms with van der Waals surface area (Å²) < 4.78 is 5.61. The first-order chi connectivity index (χ1) is 5.69. The third-order valence-corrected chi connectivity index (χ3v) is 3.85. The van der Waals surface area contributed by atoms with Gasteiger partial charge in [0.25, 0.3) is 0 Å². The van der Waals surface area contributed by atoms with Crippen molar-refractivity contribution in [1.82, 2.24) is 0 Å². The molecule has 0 aromatic rings. The highest BCUT2D eigenvalue weighted by atomic mass is 35.5. The van der Waals surface area contributed by atoms with Crippen LogP contribution in [-0.4, -0.2) is 27.5 Å². The van der Waals surface area contributed by atoms with Gasteiger partial charge in [0.15, 0.2) is 0 Å². The van der Waals surface area contributed by atoms with E-state index in [1.807, 2.05) is 0 Å². The van der Waals surface area contributed by atoms with Crippen LogP contribution in [-0.2, 0) is 4.74 Å². The maximum Gasteiger partial charge on any atom is 0.0733 e. The SMILES string of the molecule is CC(OC[SiH3])C1(Cl)CCCCC1. The highest BCUT2D eigenvalue weighted by Gasteiger charge is 2.35. The number of rotatable bonds is 3. The van der Waals surface area contributed by atoms with Crippen LogP contribution in [0.3, 0.4) is 0 Å². The molecule has 1 saturated carbocycles. The van der Waals surface area contributed by atoms with E-state index in [0.29, 0.717) is 0 Å². The summed E-state index contributed by atoms with van der Waals surface area (Å²) >= 11 is 6.49. The average Bonchev–Trinajstić information content (AvgIpc) is 2.06. The number of hydrogen-bond acceptors (Lipinski definition) is 1. The Labute approximate surface area is 83.2 Å². The zero-order valence-electron chi connectivity index (χ0n) is 8.11. The Morgan fingerprint density at radius 2 is 2.00 bits per heavy atom. The molecule has 1 nitrogen and oxygen atoms in total.